The van der Waals surface area contributed by atoms with E-state index in [-0.39, 0.29) is 12.6 Å². The number of aryl methyl sites for hydroxylation is 1. The third-order valence-electron chi connectivity index (χ3n) is 3.77. The van der Waals surface area contributed by atoms with Gasteiger partial charge in [0.05, 0.1) is 24.5 Å². The highest BCUT2D eigenvalue weighted by atomic mass is 16.3. The van der Waals surface area contributed by atoms with E-state index in [9.17, 15) is 5.11 Å². The molecule has 22 heavy (non-hydrogen) atoms. The third-order valence-corrected chi connectivity index (χ3v) is 3.77. The first-order chi connectivity index (χ1) is 10.8. The van der Waals surface area contributed by atoms with Crippen molar-refractivity contribution in [3.63, 3.8) is 0 Å². The van der Waals surface area contributed by atoms with Crippen LogP contribution in [0.25, 0.3) is 0 Å². The smallest absolute Gasteiger partial charge is 0.150 e. The van der Waals surface area contributed by atoms with Crippen LogP contribution in [0.2, 0.25) is 0 Å². The van der Waals surface area contributed by atoms with Crippen molar-refractivity contribution in [2.24, 2.45) is 0 Å². The lowest BCUT2D eigenvalue weighted by Gasteiger charge is -2.23. The van der Waals surface area contributed by atoms with Gasteiger partial charge in [-0.05, 0) is 26.3 Å². The minimum absolute atomic E-state index is 0.172. The maximum atomic E-state index is 9.19. The van der Waals surface area contributed by atoms with E-state index in [1.807, 2.05) is 13.0 Å². The van der Waals surface area contributed by atoms with Crippen LogP contribution in [0.15, 0.2) is 24.7 Å². The molecule has 0 aromatic carbocycles. The van der Waals surface area contributed by atoms with Crippen molar-refractivity contribution in [2.45, 2.75) is 25.8 Å². The molecule has 0 saturated carbocycles. The van der Waals surface area contributed by atoms with Gasteiger partial charge < -0.3 is 10.4 Å². The summed E-state index contributed by atoms with van der Waals surface area (Å²) < 4.78 is 0. The fraction of sp³-hybridized carbons (Fsp3) is 0.467. The standard InChI is InChI=1S/C15H20N6O/c1-11-18-12(13-3-2-6-21(13)7-8-22)9-14(19-11)20-15-10-16-4-5-17-15/h4-5,9-10,13,22H,2-3,6-8H2,1H3,(H,17,18,19,20)/t13-/m0/s1. The Kier molecular flexibility index (Phi) is 4.55. The zero-order chi connectivity index (χ0) is 15.4. The molecule has 1 aliphatic rings. The zero-order valence-corrected chi connectivity index (χ0v) is 12.6. The van der Waals surface area contributed by atoms with Crippen LogP contribution < -0.4 is 5.32 Å². The van der Waals surface area contributed by atoms with Gasteiger partial charge in [-0.25, -0.2) is 15.0 Å². The van der Waals surface area contributed by atoms with Crippen molar-refractivity contribution in [3.05, 3.63) is 36.2 Å². The van der Waals surface area contributed by atoms with Crippen LogP contribution in [0, 0.1) is 6.92 Å². The van der Waals surface area contributed by atoms with E-state index in [1.165, 1.54) is 0 Å². The second kappa shape index (κ2) is 6.76. The fourth-order valence-electron chi connectivity index (χ4n) is 2.88. The number of hydrogen-bond donors (Lipinski definition) is 2. The van der Waals surface area contributed by atoms with Crippen molar-refractivity contribution in [1.29, 1.82) is 0 Å². The highest BCUT2D eigenvalue weighted by molar-refractivity contribution is 5.50. The van der Waals surface area contributed by atoms with Crippen molar-refractivity contribution in [3.8, 4) is 0 Å². The Morgan fingerprint density at radius 1 is 1.32 bits per heavy atom. The van der Waals surface area contributed by atoms with Gasteiger partial charge >= 0.3 is 0 Å². The maximum absolute atomic E-state index is 9.19. The molecule has 2 aromatic rings. The van der Waals surface area contributed by atoms with E-state index < -0.39 is 0 Å². The summed E-state index contributed by atoms with van der Waals surface area (Å²) in [6.45, 7) is 3.74. The summed E-state index contributed by atoms with van der Waals surface area (Å²) in [6.07, 6.45) is 7.11. The predicted octanol–water partition coefficient (Wildman–Crippen LogP) is 1.45. The Balaban J connectivity index is 1.83. The van der Waals surface area contributed by atoms with E-state index in [0.29, 0.717) is 12.4 Å². The van der Waals surface area contributed by atoms with E-state index >= 15 is 0 Å². The van der Waals surface area contributed by atoms with E-state index in [2.05, 4.69) is 30.2 Å². The lowest BCUT2D eigenvalue weighted by atomic mass is 10.1. The Labute approximate surface area is 129 Å². The van der Waals surface area contributed by atoms with Gasteiger partial charge in [-0.15, -0.1) is 0 Å². The molecular weight excluding hydrogens is 280 g/mol. The number of nitrogens with zero attached hydrogens (tertiary/aromatic N) is 5. The number of anilines is 2. The molecule has 3 rings (SSSR count). The van der Waals surface area contributed by atoms with Gasteiger partial charge in [-0.1, -0.05) is 0 Å². The number of rotatable bonds is 5. The van der Waals surface area contributed by atoms with E-state index in [1.54, 1.807) is 18.6 Å². The maximum Gasteiger partial charge on any atom is 0.150 e. The lowest BCUT2D eigenvalue weighted by Crippen LogP contribution is -2.27. The zero-order valence-electron chi connectivity index (χ0n) is 12.6. The molecule has 7 heteroatoms. The molecule has 0 unspecified atom stereocenters. The van der Waals surface area contributed by atoms with Gasteiger partial charge in [0.25, 0.3) is 0 Å². The molecule has 2 N–H and O–H groups in total. The second-order valence-corrected chi connectivity index (χ2v) is 5.36. The predicted molar refractivity (Wildman–Crippen MR) is 82.7 cm³/mol. The monoisotopic (exact) mass is 300 g/mol. The molecule has 7 nitrogen and oxygen atoms in total. The van der Waals surface area contributed by atoms with Crippen LogP contribution in [-0.4, -0.2) is 49.6 Å². The number of aliphatic hydroxyl groups is 1. The SMILES string of the molecule is Cc1nc(Nc2cnccn2)cc([C@@H]2CCCN2CCO)n1. The van der Waals surface area contributed by atoms with Crippen molar-refractivity contribution >= 4 is 11.6 Å². The van der Waals surface area contributed by atoms with Crippen LogP contribution in [0.4, 0.5) is 11.6 Å². The molecule has 1 atom stereocenters. The molecule has 0 spiro atoms. The molecule has 0 aliphatic carbocycles. The summed E-state index contributed by atoms with van der Waals surface area (Å²) in [5.74, 6) is 2.10. The quantitative estimate of drug-likeness (QED) is 0.864. The molecule has 3 heterocycles. The average molecular weight is 300 g/mol. The molecule has 1 aliphatic heterocycles. The first kappa shape index (κ1) is 14.8. The summed E-state index contributed by atoms with van der Waals surface area (Å²) in [5, 5.41) is 12.4. The number of nitrogens with one attached hydrogen (secondary N) is 1. The highest BCUT2D eigenvalue weighted by Crippen LogP contribution is 2.31. The molecule has 0 radical (unpaired) electrons. The number of likely N-dealkylation sites (tertiary alicyclic amines) is 1. The minimum atomic E-state index is 0.172. The average Bonchev–Trinajstić information content (AvgIpc) is 2.96. The van der Waals surface area contributed by atoms with Gasteiger partial charge in [0.2, 0.25) is 0 Å². The first-order valence-corrected chi connectivity index (χ1v) is 7.50. The number of aromatic nitrogens is 4. The normalized spacial score (nSPS) is 18.5. The van der Waals surface area contributed by atoms with Gasteiger partial charge in [-0.3, -0.25) is 9.88 Å². The van der Waals surface area contributed by atoms with Gasteiger partial charge in [0.15, 0.2) is 0 Å². The molecule has 2 aromatic heterocycles. The topological polar surface area (TPSA) is 87.1 Å². The lowest BCUT2D eigenvalue weighted by molar-refractivity contribution is 0.183. The van der Waals surface area contributed by atoms with E-state index in [0.717, 1.165) is 36.7 Å². The van der Waals surface area contributed by atoms with E-state index in [4.69, 9.17) is 0 Å². The summed E-state index contributed by atoms with van der Waals surface area (Å²) in [5.41, 5.74) is 0.991. The fourth-order valence-corrected chi connectivity index (χ4v) is 2.88. The van der Waals surface area contributed by atoms with Crippen LogP contribution in [-0.2, 0) is 0 Å². The molecular formula is C15H20N6O. The van der Waals surface area contributed by atoms with Crippen LogP contribution in [0.1, 0.15) is 30.4 Å². The van der Waals surface area contributed by atoms with Crippen molar-refractivity contribution in [2.75, 3.05) is 25.0 Å². The summed E-state index contributed by atoms with van der Waals surface area (Å²) in [6, 6.07) is 2.21. The Hall–Kier alpha value is -2.12. The van der Waals surface area contributed by atoms with Crippen LogP contribution in [0.5, 0.6) is 0 Å². The van der Waals surface area contributed by atoms with Crippen molar-refractivity contribution in [1.82, 2.24) is 24.8 Å². The van der Waals surface area contributed by atoms with Gasteiger partial charge in [-0.2, -0.15) is 0 Å². The largest absolute Gasteiger partial charge is 0.395 e. The number of β-amino-alcohol motifs (C(OH)–C–C–N with tert-alkyl or cyclic N) is 1. The Morgan fingerprint density at radius 3 is 3.00 bits per heavy atom. The molecule has 0 amide bonds. The van der Waals surface area contributed by atoms with Gasteiger partial charge in [0, 0.05) is 25.0 Å². The third kappa shape index (κ3) is 3.37. The summed E-state index contributed by atoms with van der Waals surface area (Å²) >= 11 is 0. The Morgan fingerprint density at radius 2 is 2.23 bits per heavy atom. The van der Waals surface area contributed by atoms with Crippen LogP contribution >= 0.6 is 0 Å². The van der Waals surface area contributed by atoms with Crippen LogP contribution in [0.3, 0.4) is 0 Å². The first-order valence-electron chi connectivity index (χ1n) is 7.50. The second-order valence-electron chi connectivity index (χ2n) is 5.36. The molecule has 0 bridgehead atoms. The molecule has 1 saturated heterocycles. The number of aliphatic hydroxyl groups excluding tert-OH is 1. The summed E-state index contributed by atoms with van der Waals surface area (Å²) in [4.78, 5) is 19.5. The molecule has 1 fully saturated rings. The Bertz CT molecular complexity index is 621. The van der Waals surface area contributed by atoms with Gasteiger partial charge in [0.1, 0.15) is 17.5 Å². The highest BCUT2D eigenvalue weighted by Gasteiger charge is 2.27. The minimum Gasteiger partial charge on any atom is -0.395 e. The number of hydrogen-bond acceptors (Lipinski definition) is 7. The van der Waals surface area contributed by atoms with Crippen molar-refractivity contribution < 1.29 is 5.11 Å². The summed E-state index contributed by atoms with van der Waals surface area (Å²) in [7, 11) is 0. The molecule has 116 valence electrons.